The van der Waals surface area contributed by atoms with Crippen molar-refractivity contribution in [3.05, 3.63) is 142 Å². The zero-order valence-corrected chi connectivity index (χ0v) is 31.1. The van der Waals surface area contributed by atoms with Crippen LogP contribution in [0.5, 0.6) is 0 Å². The van der Waals surface area contributed by atoms with Crippen LogP contribution < -0.4 is 0 Å². The summed E-state index contributed by atoms with van der Waals surface area (Å²) < 4.78 is 0. The molecule has 0 aromatic heterocycles. The van der Waals surface area contributed by atoms with E-state index in [4.69, 9.17) is 0 Å². The summed E-state index contributed by atoms with van der Waals surface area (Å²) in [6.07, 6.45) is 27.6. The summed E-state index contributed by atoms with van der Waals surface area (Å²) in [5, 5.41) is 5.74. The van der Waals surface area contributed by atoms with Gasteiger partial charge in [0.15, 0.2) is 0 Å². The van der Waals surface area contributed by atoms with Gasteiger partial charge >= 0.3 is 0 Å². The first-order valence-electron chi connectivity index (χ1n) is 20.0. The number of rotatable bonds is 0. The van der Waals surface area contributed by atoms with Gasteiger partial charge in [0.25, 0.3) is 0 Å². The van der Waals surface area contributed by atoms with Crippen LogP contribution in [-0.2, 0) is 0 Å². The molecule has 0 nitrogen and oxygen atoms in total. The summed E-state index contributed by atoms with van der Waals surface area (Å²) in [7, 11) is 0. The molecule has 0 heteroatoms. The highest BCUT2D eigenvalue weighted by molar-refractivity contribution is 6.10. The number of benzene rings is 4. The summed E-state index contributed by atoms with van der Waals surface area (Å²) in [5.41, 5.74) is 18.5. The molecule has 0 radical (unpaired) electrons. The third-order valence-corrected chi connectivity index (χ3v) is 10.9. The van der Waals surface area contributed by atoms with Gasteiger partial charge in [0.1, 0.15) is 0 Å². The fourth-order valence-corrected chi connectivity index (χ4v) is 9.07. The van der Waals surface area contributed by atoms with Gasteiger partial charge in [0, 0.05) is 0 Å². The van der Waals surface area contributed by atoms with Crippen molar-refractivity contribution in [2.75, 3.05) is 0 Å². The molecule has 0 amide bonds. The normalized spacial score (nSPS) is 18.3. The van der Waals surface area contributed by atoms with Crippen LogP contribution in [0, 0.1) is 0 Å². The van der Waals surface area contributed by atoms with Gasteiger partial charge in [-0.1, -0.05) is 138 Å². The van der Waals surface area contributed by atoms with Crippen LogP contribution in [0.3, 0.4) is 0 Å². The second-order valence-electron chi connectivity index (χ2n) is 14.8. The van der Waals surface area contributed by atoms with Gasteiger partial charge in [-0.25, -0.2) is 0 Å². The van der Waals surface area contributed by atoms with E-state index in [1.165, 1.54) is 145 Å². The van der Waals surface area contributed by atoms with Crippen molar-refractivity contribution in [2.45, 2.75) is 118 Å². The Morgan fingerprint density at radius 3 is 1.02 bits per heavy atom. The van der Waals surface area contributed by atoms with Crippen molar-refractivity contribution >= 4 is 43.8 Å². The molecule has 0 heterocycles. The lowest BCUT2D eigenvalue weighted by atomic mass is 9.81. The summed E-state index contributed by atoms with van der Waals surface area (Å²) in [5.74, 6) is 0. The maximum Gasteiger partial charge on any atom is -0.00299 e. The first-order valence-corrected chi connectivity index (χ1v) is 20.0. The molecule has 10 rings (SSSR count). The van der Waals surface area contributed by atoms with E-state index in [2.05, 4.69) is 125 Å². The van der Waals surface area contributed by atoms with Crippen LogP contribution >= 0.6 is 0 Å². The average Bonchev–Trinajstić information content (AvgIpc) is 3.37. The lowest BCUT2D eigenvalue weighted by molar-refractivity contribution is 0.721. The highest BCUT2D eigenvalue weighted by atomic mass is 14.3. The van der Waals surface area contributed by atoms with Gasteiger partial charge in [-0.05, 0) is 165 Å². The minimum absolute atomic E-state index is 1.18. The maximum atomic E-state index is 2.50. The van der Waals surface area contributed by atoms with Gasteiger partial charge in [-0.2, -0.15) is 0 Å². The standard InChI is InChI=1S/2C22H20.2C3H8/c2*1-3-11-18-16(9-1)17-10-2-4-12-19(17)21-14-6-8-15-7-5-13-20(18)22(15)21;2*1-3-2/h2*5-9,11,13-14H,1-4,10,12H2;2*3H2,1-2H3. The number of hydrogen-bond donors (Lipinski definition) is 0. The van der Waals surface area contributed by atoms with Crippen molar-refractivity contribution < 1.29 is 0 Å². The molecule has 0 bridgehead atoms. The summed E-state index contributed by atoms with van der Waals surface area (Å²) in [4.78, 5) is 0. The Morgan fingerprint density at radius 2 is 0.660 bits per heavy atom. The quantitative estimate of drug-likeness (QED) is 0.177. The lowest BCUT2D eigenvalue weighted by Gasteiger charge is -2.23. The topological polar surface area (TPSA) is 0 Å². The van der Waals surface area contributed by atoms with E-state index in [9.17, 15) is 0 Å². The Kier molecular flexibility index (Phi) is 10.8. The maximum absolute atomic E-state index is 2.50. The number of hydrogen-bond acceptors (Lipinski definition) is 0. The van der Waals surface area contributed by atoms with E-state index in [1.54, 1.807) is 33.4 Å². The average molecular weight is 657 g/mol. The van der Waals surface area contributed by atoms with Crippen molar-refractivity contribution in [2.24, 2.45) is 0 Å². The first-order chi connectivity index (χ1) is 24.7. The smallest absolute Gasteiger partial charge is 0.00299 e. The zero-order valence-electron chi connectivity index (χ0n) is 31.1. The molecule has 0 saturated heterocycles. The largest absolute Gasteiger partial charge is 0.0761 e. The van der Waals surface area contributed by atoms with Crippen LogP contribution in [0.25, 0.3) is 43.8 Å². The molecule has 0 N–H and O–H groups in total. The van der Waals surface area contributed by atoms with Crippen molar-refractivity contribution in [3.63, 3.8) is 0 Å². The molecule has 0 saturated carbocycles. The van der Waals surface area contributed by atoms with Crippen molar-refractivity contribution in [3.8, 4) is 0 Å². The lowest BCUT2D eigenvalue weighted by Crippen LogP contribution is -2.03. The van der Waals surface area contributed by atoms with Crippen LogP contribution in [0.1, 0.15) is 140 Å². The summed E-state index contributed by atoms with van der Waals surface area (Å²) in [6.45, 7) is 8.50. The van der Waals surface area contributed by atoms with Crippen LogP contribution in [0.15, 0.2) is 119 Å². The van der Waals surface area contributed by atoms with Gasteiger partial charge in [0.05, 0.1) is 0 Å². The Morgan fingerprint density at radius 1 is 0.360 bits per heavy atom. The highest BCUT2D eigenvalue weighted by Gasteiger charge is 2.29. The van der Waals surface area contributed by atoms with Gasteiger partial charge < -0.3 is 0 Å². The molecule has 0 fully saturated rings. The zero-order chi connectivity index (χ0) is 34.5. The van der Waals surface area contributed by atoms with E-state index in [-0.39, 0.29) is 0 Å². The van der Waals surface area contributed by atoms with Crippen LogP contribution in [0.4, 0.5) is 0 Å². The Hall–Kier alpha value is -4.16. The van der Waals surface area contributed by atoms with Crippen LogP contribution in [0.2, 0.25) is 0 Å². The molecule has 4 aromatic carbocycles. The van der Waals surface area contributed by atoms with E-state index < -0.39 is 0 Å². The third-order valence-electron chi connectivity index (χ3n) is 10.9. The molecule has 50 heavy (non-hydrogen) atoms. The Bertz CT molecular complexity index is 1920. The van der Waals surface area contributed by atoms with Crippen LogP contribution in [-0.4, -0.2) is 0 Å². The van der Waals surface area contributed by atoms with E-state index in [0.29, 0.717) is 0 Å². The summed E-state index contributed by atoms with van der Waals surface area (Å²) in [6, 6.07) is 27.3. The molecule has 0 spiro atoms. The SMILES string of the molecule is C1=C2C(=CCC1)c1cccc3cccc(c13)C1=C2CCCC1.C1=C2C(=CCC1)c1cccc3cccc(c13)C1=C2CCCC1.CCC.CCC. The van der Waals surface area contributed by atoms with Crippen molar-refractivity contribution in [1.82, 2.24) is 0 Å². The minimum atomic E-state index is 1.18. The molecule has 256 valence electrons. The Labute approximate surface area is 302 Å². The van der Waals surface area contributed by atoms with E-state index in [1.807, 2.05) is 0 Å². The molecular weight excluding hydrogens is 601 g/mol. The number of allylic oxidation sites excluding steroid dienone is 12. The third kappa shape index (κ3) is 6.43. The van der Waals surface area contributed by atoms with Gasteiger partial charge in [-0.3, -0.25) is 0 Å². The molecule has 0 unspecified atom stereocenters. The summed E-state index contributed by atoms with van der Waals surface area (Å²) >= 11 is 0. The molecule has 6 aliphatic rings. The minimum Gasteiger partial charge on any atom is -0.0761 e. The number of fused-ring (bicyclic) bond motifs is 8. The Balaban J connectivity index is 0.000000136. The van der Waals surface area contributed by atoms with Crippen molar-refractivity contribution in [1.29, 1.82) is 0 Å². The second-order valence-corrected chi connectivity index (χ2v) is 14.8. The highest BCUT2D eigenvalue weighted by Crippen LogP contribution is 2.50. The fraction of sp³-hybridized carbons (Fsp3) is 0.360. The van der Waals surface area contributed by atoms with E-state index >= 15 is 0 Å². The molecule has 0 atom stereocenters. The molecular formula is C50H56. The van der Waals surface area contributed by atoms with E-state index in [0.717, 1.165) is 0 Å². The predicted molar refractivity (Wildman–Crippen MR) is 221 cm³/mol. The van der Waals surface area contributed by atoms with Gasteiger partial charge in [-0.15, -0.1) is 0 Å². The monoisotopic (exact) mass is 656 g/mol. The van der Waals surface area contributed by atoms with Gasteiger partial charge in [0.2, 0.25) is 0 Å². The molecule has 6 aliphatic carbocycles. The second kappa shape index (κ2) is 15.8. The molecule has 4 aromatic rings. The fourth-order valence-electron chi connectivity index (χ4n) is 9.07. The first kappa shape index (κ1) is 34.3. The molecule has 0 aliphatic heterocycles. The predicted octanol–water partition coefficient (Wildman–Crippen LogP) is 15.4.